The number of ketones is 1. The fourth-order valence-electron chi connectivity index (χ4n) is 5.54. The number of nitrogens with one attached hydrogen (secondary N) is 1. The molecule has 1 heterocycles. The number of carbonyl (C=O) groups is 3. The Bertz CT molecular complexity index is 1100. The number of hydrogen-bond donors (Lipinski definition) is 1. The van der Waals surface area contributed by atoms with Crippen molar-refractivity contribution in [2.45, 2.75) is 58.0 Å². The Kier molecular flexibility index (Phi) is 7.19. The molecule has 1 fully saturated rings. The van der Waals surface area contributed by atoms with Gasteiger partial charge in [0.1, 0.15) is 12.0 Å². The number of rotatable bonds is 6. The first-order valence-corrected chi connectivity index (χ1v) is 12.1. The summed E-state index contributed by atoms with van der Waals surface area (Å²) in [5.74, 6) is -2.24. The number of hydrogen-bond acceptors (Lipinski definition) is 8. The number of esters is 2. The molecule has 2 aliphatic carbocycles. The van der Waals surface area contributed by atoms with Crippen LogP contribution in [0.5, 0.6) is 11.5 Å². The molecule has 0 bridgehead atoms. The third-order valence-electron chi connectivity index (χ3n) is 7.28. The van der Waals surface area contributed by atoms with Crippen molar-refractivity contribution in [2.75, 3.05) is 21.3 Å². The first-order chi connectivity index (χ1) is 16.8. The molecule has 0 saturated heterocycles. The Balaban J connectivity index is 1.84. The van der Waals surface area contributed by atoms with Crippen LogP contribution in [0.3, 0.4) is 0 Å². The molecule has 1 saturated carbocycles. The maximum Gasteiger partial charge on any atom is 0.337 e. The van der Waals surface area contributed by atoms with Crippen LogP contribution in [0.2, 0.25) is 0 Å². The lowest BCUT2D eigenvalue weighted by Gasteiger charge is -2.38. The number of carbonyl (C=O) groups excluding carboxylic acids is 3. The van der Waals surface area contributed by atoms with Gasteiger partial charge in [0.05, 0.1) is 26.9 Å². The summed E-state index contributed by atoms with van der Waals surface area (Å²) in [5, 5.41) is 3.29. The molecule has 1 N–H and O–H groups in total. The van der Waals surface area contributed by atoms with Gasteiger partial charge in [-0.05, 0) is 62.6 Å². The lowest BCUT2D eigenvalue weighted by molar-refractivity contribution is -0.151. The zero-order valence-electron chi connectivity index (χ0n) is 20.9. The van der Waals surface area contributed by atoms with Gasteiger partial charge < -0.3 is 24.3 Å². The summed E-state index contributed by atoms with van der Waals surface area (Å²) < 4.78 is 21.7. The second kappa shape index (κ2) is 10.1. The summed E-state index contributed by atoms with van der Waals surface area (Å²) in [5.41, 5.74) is 2.81. The largest absolute Gasteiger partial charge is 0.493 e. The Morgan fingerprint density at radius 2 is 1.71 bits per heavy atom. The zero-order valence-corrected chi connectivity index (χ0v) is 20.9. The first-order valence-electron chi connectivity index (χ1n) is 12.1. The normalized spacial score (nSPS) is 24.6. The van der Waals surface area contributed by atoms with Gasteiger partial charge in [0.25, 0.3) is 0 Å². The smallest absolute Gasteiger partial charge is 0.337 e. The van der Waals surface area contributed by atoms with E-state index in [1.807, 2.05) is 19.9 Å². The van der Waals surface area contributed by atoms with Crippen LogP contribution in [0.15, 0.2) is 40.7 Å². The molecule has 0 spiro atoms. The maximum absolute atomic E-state index is 13.8. The van der Waals surface area contributed by atoms with Gasteiger partial charge in [-0.25, -0.2) is 4.79 Å². The van der Waals surface area contributed by atoms with Crippen molar-refractivity contribution in [1.29, 1.82) is 0 Å². The summed E-state index contributed by atoms with van der Waals surface area (Å²) in [6.45, 7) is 3.68. The Morgan fingerprint density at radius 3 is 2.34 bits per heavy atom. The predicted octanol–water partition coefficient (Wildman–Crippen LogP) is 3.80. The number of dihydropyridines is 1. The monoisotopic (exact) mass is 483 g/mol. The van der Waals surface area contributed by atoms with Crippen molar-refractivity contribution in [3.05, 3.63) is 46.3 Å². The number of methoxy groups -OCH3 is 3. The quantitative estimate of drug-likeness (QED) is 0.482. The van der Waals surface area contributed by atoms with Crippen LogP contribution in [0.4, 0.5) is 0 Å². The van der Waals surface area contributed by atoms with Gasteiger partial charge in [0, 0.05) is 22.9 Å². The van der Waals surface area contributed by atoms with Crippen molar-refractivity contribution in [1.82, 2.24) is 5.32 Å². The lowest BCUT2D eigenvalue weighted by Crippen LogP contribution is -2.43. The molecule has 0 aromatic heterocycles. The average molecular weight is 484 g/mol. The number of allylic oxidation sites excluding steroid dienone is 3. The highest BCUT2D eigenvalue weighted by atomic mass is 16.5. The van der Waals surface area contributed by atoms with Gasteiger partial charge in [-0.2, -0.15) is 0 Å². The molecule has 3 atom stereocenters. The molecule has 1 aromatic rings. The molecule has 3 aliphatic rings. The van der Waals surface area contributed by atoms with Crippen LogP contribution >= 0.6 is 0 Å². The highest BCUT2D eigenvalue weighted by Crippen LogP contribution is 2.47. The van der Waals surface area contributed by atoms with E-state index in [2.05, 4.69) is 5.32 Å². The van der Waals surface area contributed by atoms with Crippen LogP contribution in [-0.4, -0.2) is 45.2 Å². The molecule has 8 nitrogen and oxygen atoms in total. The van der Waals surface area contributed by atoms with Crippen molar-refractivity contribution in [3.8, 4) is 11.5 Å². The predicted molar refractivity (Wildman–Crippen MR) is 128 cm³/mol. The molecule has 1 aromatic carbocycles. The number of ether oxygens (including phenoxy) is 4. The van der Waals surface area contributed by atoms with E-state index in [4.69, 9.17) is 18.9 Å². The van der Waals surface area contributed by atoms with E-state index in [-0.39, 0.29) is 17.8 Å². The van der Waals surface area contributed by atoms with Crippen molar-refractivity contribution >= 4 is 17.7 Å². The van der Waals surface area contributed by atoms with Gasteiger partial charge in [-0.1, -0.05) is 13.0 Å². The van der Waals surface area contributed by atoms with Crippen LogP contribution in [0, 0.1) is 11.8 Å². The third-order valence-corrected chi connectivity index (χ3v) is 7.28. The summed E-state index contributed by atoms with van der Waals surface area (Å²) in [6.07, 6.45) is 4.07. The lowest BCUT2D eigenvalue weighted by atomic mass is 9.69. The van der Waals surface area contributed by atoms with E-state index < -0.39 is 23.8 Å². The zero-order chi connectivity index (χ0) is 25.3. The summed E-state index contributed by atoms with van der Waals surface area (Å²) in [6, 6.07) is 5.34. The van der Waals surface area contributed by atoms with Gasteiger partial charge in [-0.3, -0.25) is 9.59 Å². The molecular weight excluding hydrogens is 450 g/mol. The minimum atomic E-state index is -0.936. The molecule has 0 unspecified atom stereocenters. The number of Topliss-reactive ketones (excluding diaryl/α,β-unsaturated/α-hetero) is 1. The van der Waals surface area contributed by atoms with Gasteiger partial charge >= 0.3 is 11.9 Å². The van der Waals surface area contributed by atoms with Crippen LogP contribution < -0.4 is 14.8 Å². The molecule has 1 aliphatic heterocycles. The Morgan fingerprint density at radius 1 is 1.03 bits per heavy atom. The van der Waals surface area contributed by atoms with Gasteiger partial charge in [0.15, 0.2) is 17.3 Å². The van der Waals surface area contributed by atoms with E-state index in [0.29, 0.717) is 40.3 Å². The summed E-state index contributed by atoms with van der Waals surface area (Å²) in [7, 11) is 4.36. The Labute approximate surface area is 205 Å². The van der Waals surface area contributed by atoms with Gasteiger partial charge in [0.2, 0.25) is 0 Å². The van der Waals surface area contributed by atoms with Gasteiger partial charge in [-0.15, -0.1) is 0 Å². The average Bonchev–Trinajstić information content (AvgIpc) is 3.35. The molecule has 35 heavy (non-hydrogen) atoms. The van der Waals surface area contributed by atoms with E-state index in [0.717, 1.165) is 31.4 Å². The van der Waals surface area contributed by atoms with Crippen LogP contribution in [0.1, 0.15) is 57.4 Å². The van der Waals surface area contributed by atoms with Crippen molar-refractivity contribution in [2.24, 2.45) is 11.8 Å². The molecule has 0 amide bonds. The van der Waals surface area contributed by atoms with Crippen LogP contribution in [0.25, 0.3) is 0 Å². The van der Waals surface area contributed by atoms with E-state index >= 15 is 0 Å². The molecular formula is C27H33NO7. The fraction of sp³-hybridized carbons (Fsp3) is 0.519. The van der Waals surface area contributed by atoms with Crippen molar-refractivity contribution < 1.29 is 33.3 Å². The molecule has 0 radical (unpaired) electrons. The summed E-state index contributed by atoms with van der Waals surface area (Å²) in [4.78, 5) is 39.9. The third kappa shape index (κ3) is 4.54. The second-order valence-electron chi connectivity index (χ2n) is 9.46. The minimum Gasteiger partial charge on any atom is -0.493 e. The van der Waals surface area contributed by atoms with E-state index in [1.165, 1.54) is 14.2 Å². The van der Waals surface area contributed by atoms with E-state index in [9.17, 15) is 14.4 Å². The molecule has 4 rings (SSSR count). The van der Waals surface area contributed by atoms with Crippen molar-refractivity contribution in [3.63, 3.8) is 0 Å². The fourth-order valence-corrected chi connectivity index (χ4v) is 5.54. The second-order valence-corrected chi connectivity index (χ2v) is 9.46. The maximum atomic E-state index is 13.8. The SMILES string of the molecule is COC(=O)[C@@H]1C(=O)C2=C(C[C@@H]1C)NC(C)=C(C(=O)OC1CCCC1)[C@H]2c1ccc(OC)c(OC)c1. The van der Waals surface area contributed by atoms with E-state index in [1.54, 1.807) is 19.2 Å². The first kappa shape index (κ1) is 24.8. The Hall–Kier alpha value is -3.29. The standard InChI is InChI=1S/C27H33NO7/c1-14-12-18-24(25(29)21(14)26(30)34-5)23(16-10-11-19(32-3)20(13-16)33-4)22(15(2)28-18)27(31)35-17-8-6-7-9-17/h10-11,13-14,17,21,23,28H,6-9,12H2,1-5H3/t14-,21-,23+/m0/s1. The summed E-state index contributed by atoms with van der Waals surface area (Å²) >= 11 is 0. The topological polar surface area (TPSA) is 100 Å². The molecule has 8 heteroatoms. The highest BCUT2D eigenvalue weighted by Gasteiger charge is 2.47. The minimum absolute atomic E-state index is 0.130. The molecule has 188 valence electrons. The van der Waals surface area contributed by atoms with Crippen LogP contribution in [-0.2, 0) is 23.9 Å². The number of benzene rings is 1. The highest BCUT2D eigenvalue weighted by molar-refractivity contribution is 6.12.